The number of nitrogens with one attached hydrogen (secondary N) is 1. The van der Waals surface area contributed by atoms with Gasteiger partial charge in [-0.1, -0.05) is 60.7 Å². The fourth-order valence-electron chi connectivity index (χ4n) is 3.52. The third kappa shape index (κ3) is 5.88. The summed E-state index contributed by atoms with van der Waals surface area (Å²) in [4.78, 5) is 26.5. The van der Waals surface area contributed by atoms with E-state index in [2.05, 4.69) is 4.98 Å². The number of ether oxygens (including phenoxy) is 2. The highest BCUT2D eigenvalue weighted by Gasteiger charge is 2.37. The molecule has 0 bridgehead atoms. The second kappa shape index (κ2) is 10.6. The van der Waals surface area contributed by atoms with Crippen molar-refractivity contribution < 1.29 is 9.47 Å². The van der Waals surface area contributed by atoms with Crippen molar-refractivity contribution in [3.05, 3.63) is 102 Å². The number of halogens is 1. The number of aromatic amines is 1. The molecule has 0 aliphatic carbocycles. The van der Waals surface area contributed by atoms with Gasteiger partial charge in [-0.2, -0.15) is 0 Å². The fraction of sp³-hybridized carbons (Fsp3) is 0.304. The molecule has 0 spiro atoms. The highest BCUT2D eigenvalue weighted by Crippen LogP contribution is 2.42. The van der Waals surface area contributed by atoms with Gasteiger partial charge in [0, 0.05) is 12.6 Å². The van der Waals surface area contributed by atoms with Crippen molar-refractivity contribution in [1.29, 1.82) is 0 Å². The van der Waals surface area contributed by atoms with Crippen molar-refractivity contribution in [2.45, 2.75) is 36.4 Å². The van der Waals surface area contributed by atoms with Crippen LogP contribution in [0.25, 0.3) is 0 Å². The van der Waals surface area contributed by atoms with Gasteiger partial charge in [0.2, 0.25) is 0 Å². The molecule has 1 fully saturated rings. The van der Waals surface area contributed by atoms with E-state index in [1.54, 1.807) is 22.5 Å². The number of nitrogens with zero attached hydrogens (tertiary/aromatic N) is 1. The lowest BCUT2D eigenvalue weighted by atomic mass is 10.1. The molecule has 0 radical (unpaired) electrons. The van der Waals surface area contributed by atoms with Crippen LogP contribution in [0.4, 0.5) is 0 Å². The molecule has 162 valence electrons. The van der Waals surface area contributed by atoms with E-state index in [0.29, 0.717) is 29.8 Å². The van der Waals surface area contributed by atoms with Crippen molar-refractivity contribution >= 4 is 34.4 Å². The van der Waals surface area contributed by atoms with Crippen LogP contribution in [0.15, 0.2) is 76.4 Å². The molecular formula is C23H23IN2O4S. The van der Waals surface area contributed by atoms with Crippen molar-refractivity contribution in [2.75, 3.05) is 6.61 Å². The van der Waals surface area contributed by atoms with Gasteiger partial charge in [-0.15, -0.1) is 11.8 Å². The van der Waals surface area contributed by atoms with Crippen LogP contribution in [0.2, 0.25) is 0 Å². The van der Waals surface area contributed by atoms with Gasteiger partial charge in [-0.25, -0.2) is 4.79 Å². The third-order valence-corrected chi connectivity index (χ3v) is 7.41. The van der Waals surface area contributed by atoms with Gasteiger partial charge in [-0.05, 0) is 33.7 Å². The maximum Gasteiger partial charge on any atom is 0.329 e. The maximum atomic E-state index is 12.4. The first-order valence-corrected chi connectivity index (χ1v) is 12.1. The zero-order valence-electron chi connectivity index (χ0n) is 16.8. The highest BCUT2D eigenvalue weighted by molar-refractivity contribution is 14.1. The predicted molar refractivity (Wildman–Crippen MR) is 130 cm³/mol. The molecule has 2 aromatic carbocycles. The lowest BCUT2D eigenvalue weighted by molar-refractivity contribution is 0.0134. The van der Waals surface area contributed by atoms with Crippen LogP contribution in [-0.4, -0.2) is 27.5 Å². The Morgan fingerprint density at radius 1 is 1.00 bits per heavy atom. The molecule has 8 heteroatoms. The predicted octanol–water partition coefficient (Wildman–Crippen LogP) is 3.95. The van der Waals surface area contributed by atoms with Gasteiger partial charge in [0.25, 0.3) is 5.56 Å². The Kier molecular flexibility index (Phi) is 7.65. The SMILES string of the molecule is O=c1[nH]c(=O)n([C@@H]2C[C@H](OCc3ccccc3)[C@H](COCc3ccccc3)S2)cc1I. The first-order valence-electron chi connectivity index (χ1n) is 10.0. The molecule has 1 aliphatic rings. The van der Waals surface area contributed by atoms with E-state index in [1.807, 2.05) is 83.3 Å². The summed E-state index contributed by atoms with van der Waals surface area (Å²) < 4.78 is 14.3. The Morgan fingerprint density at radius 2 is 1.65 bits per heavy atom. The topological polar surface area (TPSA) is 73.3 Å². The van der Waals surface area contributed by atoms with Crippen molar-refractivity contribution in [3.8, 4) is 0 Å². The average Bonchev–Trinajstić information content (AvgIpc) is 3.19. The van der Waals surface area contributed by atoms with E-state index >= 15 is 0 Å². The van der Waals surface area contributed by atoms with Crippen molar-refractivity contribution in [3.63, 3.8) is 0 Å². The van der Waals surface area contributed by atoms with Gasteiger partial charge < -0.3 is 9.47 Å². The lowest BCUT2D eigenvalue weighted by Crippen LogP contribution is -2.32. The minimum atomic E-state index is -0.393. The third-order valence-electron chi connectivity index (χ3n) is 5.12. The van der Waals surface area contributed by atoms with Gasteiger partial charge in [-0.3, -0.25) is 14.3 Å². The van der Waals surface area contributed by atoms with E-state index in [1.165, 1.54) is 0 Å². The molecule has 2 heterocycles. The Morgan fingerprint density at radius 3 is 2.32 bits per heavy atom. The zero-order chi connectivity index (χ0) is 21.6. The largest absolute Gasteiger partial charge is 0.376 e. The zero-order valence-corrected chi connectivity index (χ0v) is 19.8. The Hall–Kier alpha value is -1.88. The van der Waals surface area contributed by atoms with Crippen molar-refractivity contribution in [2.24, 2.45) is 0 Å². The standard InChI is InChI=1S/C23H23IN2O4S/c24-18-12-26(23(28)25-22(18)27)21-11-19(30-14-17-9-5-2-6-10-17)20(31-21)15-29-13-16-7-3-1-4-8-16/h1-10,12,19-21H,11,13-15H2,(H,25,27,28)/t19-,20-,21-/m0/s1. The number of rotatable bonds is 8. The molecule has 0 saturated carbocycles. The van der Waals surface area contributed by atoms with Crippen LogP contribution < -0.4 is 11.2 Å². The Bertz CT molecular complexity index is 1100. The molecule has 0 amide bonds. The molecule has 1 aliphatic heterocycles. The smallest absolute Gasteiger partial charge is 0.329 e. The summed E-state index contributed by atoms with van der Waals surface area (Å²) in [6.45, 7) is 1.56. The normalized spacial score (nSPS) is 20.7. The van der Waals surface area contributed by atoms with Crippen LogP contribution in [0.5, 0.6) is 0 Å². The molecule has 6 nitrogen and oxygen atoms in total. The Balaban J connectivity index is 1.46. The summed E-state index contributed by atoms with van der Waals surface area (Å²) in [7, 11) is 0. The summed E-state index contributed by atoms with van der Waals surface area (Å²) in [5, 5.41) is -0.0436. The van der Waals surface area contributed by atoms with E-state index in [0.717, 1.165) is 11.1 Å². The number of H-pyrrole nitrogens is 1. The van der Waals surface area contributed by atoms with Gasteiger partial charge in [0.1, 0.15) is 0 Å². The molecule has 1 saturated heterocycles. The lowest BCUT2D eigenvalue weighted by Gasteiger charge is -2.19. The first kappa shape index (κ1) is 22.3. The van der Waals surface area contributed by atoms with Crippen LogP contribution >= 0.6 is 34.4 Å². The number of thioether (sulfide) groups is 1. The molecule has 3 aromatic rings. The van der Waals surface area contributed by atoms with E-state index in [4.69, 9.17) is 9.47 Å². The molecule has 1 aromatic heterocycles. The van der Waals surface area contributed by atoms with Crippen LogP contribution in [0.1, 0.15) is 22.9 Å². The van der Waals surface area contributed by atoms with Gasteiger partial charge >= 0.3 is 5.69 Å². The molecular weight excluding hydrogens is 527 g/mol. The summed E-state index contributed by atoms with van der Waals surface area (Å²) in [6.07, 6.45) is 2.22. The summed E-state index contributed by atoms with van der Waals surface area (Å²) in [5.74, 6) is 0. The number of hydrogen-bond acceptors (Lipinski definition) is 5. The van der Waals surface area contributed by atoms with Crippen molar-refractivity contribution in [1.82, 2.24) is 9.55 Å². The fourth-order valence-corrected chi connectivity index (χ4v) is 5.48. The average molecular weight is 550 g/mol. The minimum Gasteiger partial charge on any atom is -0.376 e. The molecule has 0 unspecified atom stereocenters. The number of hydrogen-bond donors (Lipinski definition) is 1. The number of benzene rings is 2. The van der Waals surface area contributed by atoms with E-state index in [-0.39, 0.29) is 22.3 Å². The molecule has 31 heavy (non-hydrogen) atoms. The first-order chi connectivity index (χ1) is 15.1. The van der Waals surface area contributed by atoms with Gasteiger partial charge in [0.15, 0.2) is 0 Å². The molecule has 3 atom stereocenters. The van der Waals surface area contributed by atoms with Gasteiger partial charge in [0.05, 0.1) is 40.1 Å². The quantitative estimate of drug-likeness (QED) is 0.431. The summed E-state index contributed by atoms with van der Waals surface area (Å²) in [6, 6.07) is 20.1. The number of aromatic nitrogens is 2. The maximum absolute atomic E-state index is 12.4. The van der Waals surface area contributed by atoms with E-state index in [9.17, 15) is 9.59 Å². The minimum absolute atomic E-state index is 0.0672. The van der Waals surface area contributed by atoms with Crippen LogP contribution in [0.3, 0.4) is 0 Å². The Labute approximate surface area is 198 Å². The second-order valence-electron chi connectivity index (χ2n) is 7.34. The van der Waals surface area contributed by atoms with E-state index < -0.39 is 5.69 Å². The van der Waals surface area contributed by atoms with Crippen LogP contribution in [0, 0.1) is 3.57 Å². The monoisotopic (exact) mass is 550 g/mol. The molecule has 1 N–H and O–H groups in total. The highest BCUT2D eigenvalue weighted by atomic mass is 127. The van der Waals surface area contributed by atoms with Crippen LogP contribution in [-0.2, 0) is 22.7 Å². The second-order valence-corrected chi connectivity index (χ2v) is 9.93. The molecule has 4 rings (SSSR count). The summed E-state index contributed by atoms with van der Waals surface area (Å²) in [5.41, 5.74) is 1.48. The summed E-state index contributed by atoms with van der Waals surface area (Å²) >= 11 is 3.61.